The Bertz CT molecular complexity index is 1040. The van der Waals surface area contributed by atoms with Crippen LogP contribution in [-0.4, -0.2) is 57.7 Å². The van der Waals surface area contributed by atoms with E-state index in [4.69, 9.17) is 14.7 Å². The van der Waals surface area contributed by atoms with Crippen LogP contribution in [0.3, 0.4) is 0 Å². The molecule has 0 radical (unpaired) electrons. The molecular formula is C29H39N5O2. The average Bonchev–Trinajstić information content (AvgIpc) is 3.48. The Balaban J connectivity index is 1.14. The third-order valence-corrected chi connectivity index (χ3v) is 9.07. The van der Waals surface area contributed by atoms with E-state index >= 15 is 0 Å². The van der Waals surface area contributed by atoms with Gasteiger partial charge in [-0.1, -0.05) is 32.1 Å². The Morgan fingerprint density at radius 2 is 1.72 bits per heavy atom. The monoisotopic (exact) mass is 489 g/mol. The minimum Gasteiger partial charge on any atom is -0.448 e. The highest BCUT2D eigenvalue weighted by Crippen LogP contribution is 2.43. The first kappa shape index (κ1) is 23.8. The number of carbonyl (C=O) groups excluding carboxylic acids is 1. The molecule has 36 heavy (non-hydrogen) atoms. The minimum absolute atomic E-state index is 0.236. The molecule has 0 aromatic carbocycles. The van der Waals surface area contributed by atoms with Crippen LogP contribution in [0.5, 0.6) is 0 Å². The van der Waals surface area contributed by atoms with Gasteiger partial charge in [-0.2, -0.15) is 0 Å². The van der Waals surface area contributed by atoms with Crippen molar-refractivity contribution in [3.05, 3.63) is 42.0 Å². The summed E-state index contributed by atoms with van der Waals surface area (Å²) < 4.78 is 5.72. The predicted octanol–water partition coefficient (Wildman–Crippen LogP) is 5.43. The van der Waals surface area contributed by atoms with Gasteiger partial charge in [-0.3, -0.25) is 9.88 Å². The number of nitrogens with one attached hydrogen (secondary N) is 1. The van der Waals surface area contributed by atoms with Crippen molar-refractivity contribution in [2.24, 2.45) is 5.92 Å². The fourth-order valence-corrected chi connectivity index (χ4v) is 7.01. The molecule has 1 N–H and O–H groups in total. The smallest absolute Gasteiger partial charge is 0.407 e. The van der Waals surface area contributed by atoms with Gasteiger partial charge in [0, 0.05) is 59.8 Å². The van der Waals surface area contributed by atoms with Crippen LogP contribution in [-0.2, 0) is 4.74 Å². The number of alkyl carbamates (subject to hydrolysis) is 1. The molecule has 0 spiro atoms. The molecule has 2 bridgehead atoms. The Kier molecular flexibility index (Phi) is 7.17. The molecule has 5 heterocycles. The van der Waals surface area contributed by atoms with E-state index in [1.807, 2.05) is 24.5 Å². The van der Waals surface area contributed by atoms with E-state index in [1.54, 1.807) is 0 Å². The van der Waals surface area contributed by atoms with Gasteiger partial charge in [0.2, 0.25) is 0 Å². The number of carbonyl (C=O) groups is 1. The molecule has 1 amide bonds. The second-order valence-electron chi connectivity index (χ2n) is 11.4. The van der Waals surface area contributed by atoms with Crippen LogP contribution in [0, 0.1) is 5.92 Å². The second kappa shape index (κ2) is 10.8. The summed E-state index contributed by atoms with van der Waals surface area (Å²) in [6.07, 6.45) is 16.6. The van der Waals surface area contributed by atoms with Crippen molar-refractivity contribution >= 4 is 6.09 Å². The number of fused-ring (bicyclic) bond motifs is 3. The van der Waals surface area contributed by atoms with Gasteiger partial charge >= 0.3 is 6.09 Å². The molecule has 3 saturated heterocycles. The summed E-state index contributed by atoms with van der Waals surface area (Å²) in [5.41, 5.74) is 3.46. The highest BCUT2D eigenvalue weighted by molar-refractivity contribution is 5.67. The standard InChI is InChI=1S/C29H39N5O2/c35-29(31-23-8-2-1-3-9-23)36-19-24-16-22-12-15-34(24)18-25(22)27-17-26(20-6-4-5-7-20)32-28(33-27)21-10-13-30-14-11-21/h10-11,13-14,17,20,22-25H,1-9,12,15-16,18-19H2,(H,31,35)/t22-,24+,25-/m0/s1. The molecule has 3 aliphatic heterocycles. The number of hydrogen-bond donors (Lipinski definition) is 1. The fraction of sp³-hybridized carbons (Fsp3) is 0.655. The van der Waals surface area contributed by atoms with Gasteiger partial charge in [-0.05, 0) is 69.2 Å². The van der Waals surface area contributed by atoms with Crippen molar-refractivity contribution in [1.82, 2.24) is 25.2 Å². The van der Waals surface area contributed by atoms with Crippen LogP contribution in [0.2, 0.25) is 0 Å². The topological polar surface area (TPSA) is 80.2 Å². The lowest BCUT2D eigenvalue weighted by Crippen LogP contribution is -2.54. The molecule has 2 aliphatic carbocycles. The van der Waals surface area contributed by atoms with Gasteiger partial charge < -0.3 is 10.1 Å². The van der Waals surface area contributed by atoms with Crippen LogP contribution >= 0.6 is 0 Å². The molecule has 1 unspecified atom stereocenters. The lowest BCUT2D eigenvalue weighted by atomic mass is 9.74. The number of rotatable bonds is 6. The maximum absolute atomic E-state index is 12.4. The van der Waals surface area contributed by atoms with Gasteiger partial charge in [0.1, 0.15) is 6.61 Å². The summed E-state index contributed by atoms with van der Waals surface area (Å²) >= 11 is 0. The molecule has 7 heteroatoms. The Hall–Kier alpha value is -2.54. The highest BCUT2D eigenvalue weighted by Gasteiger charge is 2.42. The molecule has 5 fully saturated rings. The SMILES string of the molecule is O=C(NC1CCCCC1)OC[C@H]1C[C@@H]2CCN1C[C@@H]2c1cc(C2CCCC2)nc(-c2ccncc2)n1. The maximum Gasteiger partial charge on any atom is 0.407 e. The van der Waals surface area contributed by atoms with Crippen LogP contribution < -0.4 is 5.32 Å². The van der Waals surface area contributed by atoms with Crippen molar-refractivity contribution in [3.63, 3.8) is 0 Å². The van der Waals surface area contributed by atoms with Crippen LogP contribution in [0.15, 0.2) is 30.6 Å². The maximum atomic E-state index is 12.4. The van der Waals surface area contributed by atoms with Crippen molar-refractivity contribution in [2.45, 2.75) is 94.5 Å². The van der Waals surface area contributed by atoms with E-state index in [-0.39, 0.29) is 6.09 Å². The number of amides is 1. The molecule has 7 rings (SSSR count). The summed E-state index contributed by atoms with van der Waals surface area (Å²) in [4.78, 5) is 29.3. The van der Waals surface area contributed by atoms with Crippen molar-refractivity contribution in [3.8, 4) is 11.4 Å². The first-order chi connectivity index (χ1) is 17.7. The zero-order chi connectivity index (χ0) is 24.3. The first-order valence-corrected chi connectivity index (χ1v) is 14.2. The average molecular weight is 490 g/mol. The van der Waals surface area contributed by atoms with Crippen molar-refractivity contribution in [2.75, 3.05) is 19.7 Å². The van der Waals surface area contributed by atoms with E-state index < -0.39 is 0 Å². The molecule has 4 atom stereocenters. The van der Waals surface area contributed by atoms with Crippen molar-refractivity contribution < 1.29 is 9.53 Å². The quantitative estimate of drug-likeness (QED) is 0.583. The van der Waals surface area contributed by atoms with Crippen LogP contribution in [0.4, 0.5) is 4.79 Å². The van der Waals surface area contributed by atoms with E-state index in [9.17, 15) is 4.79 Å². The van der Waals surface area contributed by atoms with Gasteiger partial charge in [-0.15, -0.1) is 0 Å². The van der Waals surface area contributed by atoms with Crippen LogP contribution in [0.25, 0.3) is 11.4 Å². The Morgan fingerprint density at radius 1 is 0.972 bits per heavy atom. The number of pyridine rings is 1. The van der Waals surface area contributed by atoms with Gasteiger partial charge in [0.15, 0.2) is 5.82 Å². The summed E-state index contributed by atoms with van der Waals surface area (Å²) in [7, 11) is 0. The van der Waals surface area contributed by atoms with E-state index in [0.717, 1.165) is 43.7 Å². The van der Waals surface area contributed by atoms with Gasteiger partial charge in [0.05, 0.1) is 0 Å². The molecule has 7 nitrogen and oxygen atoms in total. The molecule has 5 aliphatic rings. The molecule has 192 valence electrons. The zero-order valence-electron chi connectivity index (χ0n) is 21.3. The summed E-state index contributed by atoms with van der Waals surface area (Å²) in [5.74, 6) is 2.38. The molecule has 2 saturated carbocycles. The summed E-state index contributed by atoms with van der Waals surface area (Å²) in [5, 5.41) is 3.09. The van der Waals surface area contributed by atoms with Crippen molar-refractivity contribution in [1.29, 1.82) is 0 Å². The normalized spacial score (nSPS) is 28.8. The Morgan fingerprint density at radius 3 is 2.47 bits per heavy atom. The first-order valence-electron chi connectivity index (χ1n) is 14.2. The largest absolute Gasteiger partial charge is 0.448 e. The Labute approximate surface area is 214 Å². The number of aromatic nitrogens is 3. The van der Waals surface area contributed by atoms with Gasteiger partial charge in [0.25, 0.3) is 0 Å². The minimum atomic E-state index is -0.236. The third-order valence-electron chi connectivity index (χ3n) is 9.07. The third kappa shape index (κ3) is 5.26. The molecule has 2 aromatic rings. The number of hydrogen-bond acceptors (Lipinski definition) is 6. The number of ether oxygens (including phenoxy) is 1. The lowest BCUT2D eigenvalue weighted by molar-refractivity contribution is -0.00401. The zero-order valence-corrected chi connectivity index (χ0v) is 21.3. The number of piperidine rings is 3. The fourth-order valence-electron chi connectivity index (χ4n) is 7.01. The summed E-state index contributed by atoms with van der Waals surface area (Å²) in [6.45, 7) is 2.55. The summed E-state index contributed by atoms with van der Waals surface area (Å²) in [6, 6.07) is 6.95. The second-order valence-corrected chi connectivity index (χ2v) is 11.4. The highest BCUT2D eigenvalue weighted by atomic mass is 16.5. The van der Waals surface area contributed by atoms with Crippen LogP contribution in [0.1, 0.15) is 93.9 Å². The molecular weight excluding hydrogens is 450 g/mol. The lowest BCUT2D eigenvalue weighted by Gasteiger charge is -2.49. The van der Waals surface area contributed by atoms with Gasteiger partial charge in [-0.25, -0.2) is 14.8 Å². The predicted molar refractivity (Wildman–Crippen MR) is 139 cm³/mol. The van der Waals surface area contributed by atoms with E-state index in [2.05, 4.69) is 21.3 Å². The van der Waals surface area contributed by atoms with E-state index in [1.165, 1.54) is 62.8 Å². The van der Waals surface area contributed by atoms with E-state index in [0.29, 0.717) is 36.4 Å². The molecule has 2 aromatic heterocycles. The number of nitrogens with zero attached hydrogens (tertiary/aromatic N) is 4.